The lowest BCUT2D eigenvalue weighted by atomic mass is 10.2. The van der Waals surface area contributed by atoms with E-state index in [0.717, 1.165) is 5.52 Å². The van der Waals surface area contributed by atoms with E-state index in [4.69, 9.17) is 0 Å². The molecular weight excluding hydrogens is 392 g/mol. The van der Waals surface area contributed by atoms with Crippen molar-refractivity contribution >= 4 is 27.0 Å². The van der Waals surface area contributed by atoms with Gasteiger partial charge in [-0.3, -0.25) is 14.9 Å². The fraction of sp³-hybridized carbons (Fsp3) is 0.368. The molecule has 3 aromatic rings. The average Bonchev–Trinajstić information content (AvgIpc) is 2.92. The lowest BCUT2D eigenvalue weighted by Crippen LogP contribution is -2.38. The monoisotopic (exact) mass is 414 g/mol. The van der Waals surface area contributed by atoms with Crippen molar-refractivity contribution in [1.82, 2.24) is 29.4 Å². The van der Waals surface area contributed by atoms with Crippen molar-refractivity contribution in [1.29, 1.82) is 0 Å². The third-order valence-corrected chi connectivity index (χ3v) is 7.23. The Hall–Kier alpha value is -2.85. The van der Waals surface area contributed by atoms with Crippen molar-refractivity contribution in [2.45, 2.75) is 25.2 Å². The Morgan fingerprint density at radius 1 is 1.07 bits per heavy atom. The molecule has 9 nitrogen and oxygen atoms in total. The molecule has 4 rings (SSSR count). The van der Waals surface area contributed by atoms with Crippen LogP contribution in [-0.2, 0) is 10.0 Å². The maximum atomic E-state index is 13.1. The molecule has 2 aromatic heterocycles. The number of aryl methyl sites for hydroxylation is 2. The minimum Gasteiger partial charge on any atom is -0.336 e. The van der Waals surface area contributed by atoms with Gasteiger partial charge in [-0.05, 0) is 32.4 Å². The summed E-state index contributed by atoms with van der Waals surface area (Å²) in [4.78, 5) is 23.5. The lowest BCUT2D eigenvalue weighted by Gasteiger charge is -2.21. The van der Waals surface area contributed by atoms with E-state index in [1.165, 1.54) is 10.5 Å². The van der Waals surface area contributed by atoms with Gasteiger partial charge in [0.05, 0.1) is 28.6 Å². The van der Waals surface area contributed by atoms with Crippen LogP contribution in [0.5, 0.6) is 0 Å². The predicted octanol–water partition coefficient (Wildman–Crippen LogP) is 1.51. The van der Waals surface area contributed by atoms with Crippen molar-refractivity contribution in [2.75, 3.05) is 26.2 Å². The zero-order chi connectivity index (χ0) is 20.6. The molecule has 0 saturated carbocycles. The largest absolute Gasteiger partial charge is 0.336 e. The summed E-state index contributed by atoms with van der Waals surface area (Å²) < 4.78 is 27.6. The first-order valence-corrected chi connectivity index (χ1v) is 10.8. The minimum atomic E-state index is -3.67. The molecule has 1 aliphatic heterocycles. The molecule has 1 saturated heterocycles. The van der Waals surface area contributed by atoms with E-state index in [2.05, 4.69) is 20.2 Å². The standard InChI is InChI=1S/C19H22N6O3S/c1-13-18(14(2)23-22-13)29(27,28)25-9-5-8-24(10-11-25)19(26)17-12-20-15-6-3-4-7-16(15)21-17/h3-4,6-7,12H,5,8-11H2,1-2H3,(H,22,23). The molecule has 152 valence electrons. The summed E-state index contributed by atoms with van der Waals surface area (Å²) in [5.41, 5.74) is 2.62. The number of fused-ring (bicyclic) bond motifs is 1. The summed E-state index contributed by atoms with van der Waals surface area (Å²) in [5, 5.41) is 6.72. The van der Waals surface area contributed by atoms with Crippen molar-refractivity contribution < 1.29 is 13.2 Å². The zero-order valence-corrected chi connectivity index (χ0v) is 17.1. The number of aromatic amines is 1. The van der Waals surface area contributed by atoms with E-state index < -0.39 is 10.0 Å². The van der Waals surface area contributed by atoms with Crippen molar-refractivity contribution in [3.63, 3.8) is 0 Å². The number of nitrogens with one attached hydrogen (secondary N) is 1. The molecular formula is C19H22N6O3S. The fourth-order valence-electron chi connectivity index (χ4n) is 3.61. The van der Waals surface area contributed by atoms with Gasteiger partial charge < -0.3 is 4.90 Å². The molecule has 0 spiro atoms. The number of sulfonamides is 1. The number of hydrogen-bond acceptors (Lipinski definition) is 6. The summed E-state index contributed by atoms with van der Waals surface area (Å²) in [6, 6.07) is 7.36. The van der Waals surface area contributed by atoms with Crippen LogP contribution >= 0.6 is 0 Å². The smallest absolute Gasteiger partial charge is 0.274 e. The first kappa shape index (κ1) is 19.5. The minimum absolute atomic E-state index is 0.220. The van der Waals surface area contributed by atoms with Crippen LogP contribution < -0.4 is 0 Å². The zero-order valence-electron chi connectivity index (χ0n) is 16.3. The van der Waals surface area contributed by atoms with Gasteiger partial charge in [0.1, 0.15) is 10.6 Å². The van der Waals surface area contributed by atoms with Crippen LogP contribution in [0.15, 0.2) is 35.4 Å². The molecule has 0 aliphatic carbocycles. The topological polar surface area (TPSA) is 112 Å². The number of para-hydroxylation sites is 2. The number of nitrogens with zero attached hydrogens (tertiary/aromatic N) is 5. The van der Waals surface area contributed by atoms with E-state index >= 15 is 0 Å². The van der Waals surface area contributed by atoms with Crippen LogP contribution in [0.4, 0.5) is 0 Å². The molecule has 3 heterocycles. The van der Waals surface area contributed by atoms with Crippen LogP contribution in [0.3, 0.4) is 0 Å². The van der Waals surface area contributed by atoms with Crippen LogP contribution in [0.1, 0.15) is 28.3 Å². The number of rotatable bonds is 3. The van der Waals surface area contributed by atoms with Crippen LogP contribution in [0.2, 0.25) is 0 Å². The highest BCUT2D eigenvalue weighted by Gasteiger charge is 2.32. The molecule has 29 heavy (non-hydrogen) atoms. The number of H-pyrrole nitrogens is 1. The molecule has 10 heteroatoms. The van der Waals surface area contributed by atoms with E-state index in [-0.39, 0.29) is 23.0 Å². The predicted molar refractivity (Wildman–Crippen MR) is 107 cm³/mol. The Morgan fingerprint density at radius 3 is 2.55 bits per heavy atom. The Kier molecular flexibility index (Phi) is 5.05. The second-order valence-electron chi connectivity index (χ2n) is 7.06. The van der Waals surface area contributed by atoms with Gasteiger partial charge in [-0.2, -0.15) is 9.40 Å². The van der Waals surface area contributed by atoms with Crippen LogP contribution in [-0.4, -0.2) is 69.9 Å². The molecule has 0 unspecified atom stereocenters. The Morgan fingerprint density at radius 2 is 1.83 bits per heavy atom. The van der Waals surface area contributed by atoms with E-state index in [0.29, 0.717) is 43.0 Å². The molecule has 1 amide bonds. The van der Waals surface area contributed by atoms with Gasteiger partial charge in [-0.25, -0.2) is 13.4 Å². The molecule has 1 aromatic carbocycles. The number of benzene rings is 1. The molecule has 0 bridgehead atoms. The second kappa shape index (κ2) is 7.53. The average molecular weight is 414 g/mol. The normalized spacial score (nSPS) is 16.1. The van der Waals surface area contributed by atoms with Gasteiger partial charge in [-0.1, -0.05) is 12.1 Å². The number of carbonyl (C=O) groups excluding carboxylic acids is 1. The number of amides is 1. The summed E-state index contributed by atoms with van der Waals surface area (Å²) in [6.45, 7) is 4.69. The summed E-state index contributed by atoms with van der Waals surface area (Å²) >= 11 is 0. The molecule has 1 aliphatic rings. The van der Waals surface area contributed by atoms with Gasteiger partial charge in [-0.15, -0.1) is 0 Å². The summed E-state index contributed by atoms with van der Waals surface area (Å²) in [7, 11) is -3.67. The summed E-state index contributed by atoms with van der Waals surface area (Å²) in [6.07, 6.45) is 2.02. The van der Waals surface area contributed by atoms with Gasteiger partial charge in [0.15, 0.2) is 0 Å². The Bertz CT molecular complexity index is 1150. The number of carbonyl (C=O) groups is 1. The highest BCUT2D eigenvalue weighted by Crippen LogP contribution is 2.23. The quantitative estimate of drug-likeness (QED) is 0.695. The van der Waals surface area contributed by atoms with Gasteiger partial charge in [0, 0.05) is 26.2 Å². The summed E-state index contributed by atoms with van der Waals surface area (Å²) in [5.74, 6) is -0.238. The Balaban J connectivity index is 1.53. The highest BCUT2D eigenvalue weighted by atomic mass is 32.2. The molecule has 0 atom stereocenters. The molecule has 0 radical (unpaired) electrons. The maximum Gasteiger partial charge on any atom is 0.274 e. The number of hydrogen-bond donors (Lipinski definition) is 1. The van der Waals surface area contributed by atoms with Crippen LogP contribution in [0, 0.1) is 13.8 Å². The second-order valence-corrected chi connectivity index (χ2v) is 8.93. The van der Waals surface area contributed by atoms with E-state index in [1.54, 1.807) is 18.7 Å². The lowest BCUT2D eigenvalue weighted by molar-refractivity contribution is 0.0758. The van der Waals surface area contributed by atoms with E-state index in [1.807, 2.05) is 24.3 Å². The van der Waals surface area contributed by atoms with Gasteiger partial charge in [0.2, 0.25) is 10.0 Å². The van der Waals surface area contributed by atoms with Crippen molar-refractivity contribution in [3.8, 4) is 0 Å². The first-order chi connectivity index (χ1) is 13.9. The van der Waals surface area contributed by atoms with E-state index in [9.17, 15) is 13.2 Å². The fourth-order valence-corrected chi connectivity index (χ4v) is 5.41. The van der Waals surface area contributed by atoms with Crippen molar-refractivity contribution in [2.24, 2.45) is 0 Å². The highest BCUT2D eigenvalue weighted by molar-refractivity contribution is 7.89. The third-order valence-electron chi connectivity index (χ3n) is 5.07. The maximum absolute atomic E-state index is 13.1. The SMILES string of the molecule is Cc1n[nH]c(C)c1S(=O)(=O)N1CCCN(C(=O)c2cnc3ccccc3n2)CC1. The van der Waals surface area contributed by atoms with Crippen molar-refractivity contribution in [3.05, 3.63) is 47.5 Å². The van der Waals surface area contributed by atoms with Gasteiger partial charge >= 0.3 is 0 Å². The first-order valence-electron chi connectivity index (χ1n) is 9.40. The molecule has 1 N–H and O–H groups in total. The Labute approximate surface area is 168 Å². The number of aromatic nitrogens is 4. The molecule has 1 fully saturated rings. The third kappa shape index (κ3) is 3.60. The van der Waals surface area contributed by atoms with Gasteiger partial charge in [0.25, 0.3) is 5.91 Å². The van der Waals surface area contributed by atoms with Crippen LogP contribution in [0.25, 0.3) is 11.0 Å².